The van der Waals surface area contributed by atoms with Crippen molar-refractivity contribution in [2.45, 2.75) is 39.2 Å². The lowest BCUT2D eigenvalue weighted by Crippen LogP contribution is -2.46. The fourth-order valence-electron chi connectivity index (χ4n) is 2.66. The number of methoxy groups -OCH3 is 1. The van der Waals surface area contributed by atoms with Crippen molar-refractivity contribution in [3.05, 3.63) is 11.8 Å². The molecule has 2 heterocycles. The predicted molar refractivity (Wildman–Crippen MR) is 80.3 cm³/mol. The van der Waals surface area contributed by atoms with E-state index in [1.54, 1.807) is 25.0 Å². The van der Waals surface area contributed by atoms with Gasteiger partial charge in [-0.15, -0.1) is 0 Å². The van der Waals surface area contributed by atoms with E-state index in [9.17, 15) is 9.59 Å². The number of anilines is 1. The van der Waals surface area contributed by atoms with Crippen LogP contribution in [0.2, 0.25) is 0 Å². The van der Waals surface area contributed by atoms with E-state index in [0.717, 1.165) is 0 Å². The summed E-state index contributed by atoms with van der Waals surface area (Å²) >= 11 is 0. The third-order valence-electron chi connectivity index (χ3n) is 3.99. The van der Waals surface area contributed by atoms with Gasteiger partial charge in [0.05, 0.1) is 0 Å². The Kier molecular flexibility index (Phi) is 5.54. The lowest BCUT2D eigenvalue weighted by molar-refractivity contribution is -0.144. The van der Waals surface area contributed by atoms with Gasteiger partial charge in [0.1, 0.15) is 11.9 Å². The van der Waals surface area contributed by atoms with E-state index in [0.29, 0.717) is 43.9 Å². The van der Waals surface area contributed by atoms with Crippen molar-refractivity contribution in [1.82, 2.24) is 10.1 Å². The van der Waals surface area contributed by atoms with Crippen molar-refractivity contribution in [2.75, 3.05) is 25.5 Å². The second kappa shape index (κ2) is 7.40. The van der Waals surface area contributed by atoms with Gasteiger partial charge in [-0.25, -0.2) is 0 Å². The molecular weight excluding hydrogens is 286 g/mol. The maximum atomic E-state index is 12.2. The lowest BCUT2D eigenvalue weighted by atomic mass is 9.95. The molecule has 2 amide bonds. The molecule has 1 atom stereocenters. The molecule has 1 aromatic heterocycles. The molecule has 0 radical (unpaired) electrons. The van der Waals surface area contributed by atoms with Crippen molar-refractivity contribution in [1.29, 1.82) is 0 Å². The standard InChI is InChI=1S/C15H23N3O4/c1-4-12(21-3)15(20)18-7-5-11(6-8-18)14(19)16-13-9-10(2)22-17-13/h9,11-12H,4-8H2,1-3H3,(H,16,17,19)/t12-/m0/s1. The Morgan fingerprint density at radius 3 is 2.68 bits per heavy atom. The lowest BCUT2D eigenvalue weighted by Gasteiger charge is -2.33. The highest BCUT2D eigenvalue weighted by molar-refractivity contribution is 5.92. The van der Waals surface area contributed by atoms with Crippen LogP contribution in [0.4, 0.5) is 5.82 Å². The predicted octanol–water partition coefficient (Wildman–Crippen LogP) is 1.59. The Morgan fingerprint density at radius 2 is 2.18 bits per heavy atom. The van der Waals surface area contributed by atoms with Crippen LogP contribution in [0, 0.1) is 12.8 Å². The average Bonchev–Trinajstić information content (AvgIpc) is 2.93. The second-order valence-corrected chi connectivity index (χ2v) is 5.54. The van der Waals surface area contributed by atoms with E-state index in [1.807, 2.05) is 6.92 Å². The summed E-state index contributed by atoms with van der Waals surface area (Å²) < 4.78 is 10.1. The van der Waals surface area contributed by atoms with Crippen molar-refractivity contribution in [3.8, 4) is 0 Å². The number of nitrogens with one attached hydrogen (secondary N) is 1. The van der Waals surface area contributed by atoms with E-state index >= 15 is 0 Å². The number of hydrogen-bond acceptors (Lipinski definition) is 5. The summed E-state index contributed by atoms with van der Waals surface area (Å²) in [5.41, 5.74) is 0. The monoisotopic (exact) mass is 309 g/mol. The zero-order valence-corrected chi connectivity index (χ0v) is 13.3. The Hall–Kier alpha value is -1.89. The van der Waals surface area contributed by atoms with Crippen LogP contribution in [0.25, 0.3) is 0 Å². The van der Waals surface area contributed by atoms with E-state index in [2.05, 4.69) is 10.5 Å². The van der Waals surface area contributed by atoms with Crippen molar-refractivity contribution < 1.29 is 18.8 Å². The number of aryl methyl sites for hydroxylation is 1. The van der Waals surface area contributed by atoms with Crippen LogP contribution >= 0.6 is 0 Å². The summed E-state index contributed by atoms with van der Waals surface area (Å²) in [6.07, 6.45) is 1.56. The van der Waals surface area contributed by atoms with E-state index in [1.165, 1.54) is 0 Å². The van der Waals surface area contributed by atoms with Crippen LogP contribution in [0.3, 0.4) is 0 Å². The molecule has 1 aliphatic rings. The molecule has 1 aromatic rings. The molecule has 2 rings (SSSR count). The summed E-state index contributed by atoms with van der Waals surface area (Å²) in [6, 6.07) is 1.68. The topological polar surface area (TPSA) is 84.7 Å². The summed E-state index contributed by atoms with van der Waals surface area (Å²) in [4.78, 5) is 26.2. The van der Waals surface area contributed by atoms with Gasteiger partial charge in [-0.1, -0.05) is 12.1 Å². The third-order valence-corrected chi connectivity index (χ3v) is 3.99. The van der Waals surface area contributed by atoms with Crippen molar-refractivity contribution >= 4 is 17.6 Å². The van der Waals surface area contributed by atoms with Gasteiger partial charge in [-0.2, -0.15) is 0 Å². The number of hydrogen-bond donors (Lipinski definition) is 1. The van der Waals surface area contributed by atoms with Crippen LogP contribution in [0.1, 0.15) is 31.9 Å². The second-order valence-electron chi connectivity index (χ2n) is 5.54. The molecule has 22 heavy (non-hydrogen) atoms. The zero-order valence-electron chi connectivity index (χ0n) is 13.3. The van der Waals surface area contributed by atoms with Gasteiger partial charge in [0.15, 0.2) is 5.82 Å². The summed E-state index contributed by atoms with van der Waals surface area (Å²) in [6.45, 7) is 4.85. The molecule has 7 heteroatoms. The number of aromatic nitrogens is 1. The van der Waals surface area contributed by atoms with Gasteiger partial charge in [0.25, 0.3) is 5.91 Å². The Morgan fingerprint density at radius 1 is 1.50 bits per heavy atom. The molecule has 1 fully saturated rings. The molecule has 0 saturated carbocycles. The highest BCUT2D eigenvalue weighted by Gasteiger charge is 2.30. The summed E-state index contributed by atoms with van der Waals surface area (Å²) in [5, 5.41) is 6.50. The van der Waals surface area contributed by atoms with Crippen LogP contribution in [-0.4, -0.2) is 48.2 Å². The molecule has 0 bridgehead atoms. The maximum Gasteiger partial charge on any atom is 0.251 e. The number of nitrogens with zero attached hydrogens (tertiary/aromatic N) is 2. The van der Waals surface area contributed by atoms with E-state index in [4.69, 9.17) is 9.26 Å². The van der Waals surface area contributed by atoms with Gasteiger partial charge in [0.2, 0.25) is 5.91 Å². The minimum atomic E-state index is -0.386. The number of likely N-dealkylation sites (tertiary alicyclic amines) is 1. The number of carbonyl (C=O) groups excluding carboxylic acids is 2. The normalized spacial score (nSPS) is 17.3. The molecule has 7 nitrogen and oxygen atoms in total. The van der Waals surface area contributed by atoms with Gasteiger partial charge in [-0.05, 0) is 26.2 Å². The molecule has 122 valence electrons. The smallest absolute Gasteiger partial charge is 0.251 e. The molecule has 0 aliphatic carbocycles. The highest BCUT2D eigenvalue weighted by atomic mass is 16.5. The van der Waals surface area contributed by atoms with Gasteiger partial charge in [-0.3, -0.25) is 9.59 Å². The molecule has 0 spiro atoms. The molecular formula is C15H23N3O4. The summed E-state index contributed by atoms with van der Waals surface area (Å²) in [7, 11) is 1.55. The van der Waals surface area contributed by atoms with E-state index in [-0.39, 0.29) is 23.8 Å². The first-order chi connectivity index (χ1) is 10.5. The van der Waals surface area contributed by atoms with Crippen molar-refractivity contribution in [2.24, 2.45) is 5.92 Å². The molecule has 1 N–H and O–H groups in total. The van der Waals surface area contributed by atoms with Crippen LogP contribution < -0.4 is 5.32 Å². The van der Waals surface area contributed by atoms with Crippen LogP contribution in [0.15, 0.2) is 10.6 Å². The average molecular weight is 309 g/mol. The maximum absolute atomic E-state index is 12.2. The fraction of sp³-hybridized carbons (Fsp3) is 0.667. The molecule has 1 aliphatic heterocycles. The zero-order chi connectivity index (χ0) is 16.1. The quantitative estimate of drug-likeness (QED) is 0.892. The first kappa shape index (κ1) is 16.5. The van der Waals surface area contributed by atoms with Crippen LogP contribution in [0.5, 0.6) is 0 Å². The number of ether oxygens (including phenoxy) is 1. The number of rotatable bonds is 5. The molecule has 1 saturated heterocycles. The van der Waals surface area contributed by atoms with E-state index < -0.39 is 0 Å². The Labute approximate surface area is 130 Å². The van der Waals surface area contributed by atoms with Crippen LogP contribution in [-0.2, 0) is 14.3 Å². The Bertz CT molecular complexity index is 517. The highest BCUT2D eigenvalue weighted by Crippen LogP contribution is 2.20. The minimum absolute atomic E-state index is 0.0102. The Balaban J connectivity index is 1.83. The van der Waals surface area contributed by atoms with Crippen molar-refractivity contribution in [3.63, 3.8) is 0 Å². The first-order valence-electron chi connectivity index (χ1n) is 7.61. The fourth-order valence-corrected chi connectivity index (χ4v) is 2.66. The molecule has 0 unspecified atom stereocenters. The van der Waals surface area contributed by atoms with Gasteiger partial charge >= 0.3 is 0 Å². The number of amides is 2. The SMILES string of the molecule is CC[C@H](OC)C(=O)N1CCC(C(=O)Nc2cc(C)on2)CC1. The first-order valence-corrected chi connectivity index (χ1v) is 7.61. The number of piperidine rings is 1. The third kappa shape index (κ3) is 3.85. The molecule has 0 aromatic carbocycles. The summed E-state index contributed by atoms with van der Waals surface area (Å²) in [5.74, 6) is 0.922. The number of carbonyl (C=O) groups is 2. The van der Waals surface area contributed by atoms with Gasteiger partial charge < -0.3 is 19.5 Å². The largest absolute Gasteiger partial charge is 0.372 e. The minimum Gasteiger partial charge on any atom is -0.372 e. The van der Waals surface area contributed by atoms with Gasteiger partial charge in [0, 0.05) is 32.2 Å².